The molecule has 3 aromatic rings. The second-order valence-corrected chi connectivity index (χ2v) is 6.63. The molecule has 0 saturated heterocycles. The van der Waals surface area contributed by atoms with Crippen LogP contribution in [0.25, 0.3) is 0 Å². The molecule has 3 nitrogen and oxygen atoms in total. The summed E-state index contributed by atoms with van der Waals surface area (Å²) in [5.41, 5.74) is 5.69. The summed E-state index contributed by atoms with van der Waals surface area (Å²) < 4.78 is 18.7. The van der Waals surface area contributed by atoms with Gasteiger partial charge in [0.2, 0.25) is 0 Å². The molecular weight excluding hydrogens is 299 g/mol. The van der Waals surface area contributed by atoms with Gasteiger partial charge in [0.15, 0.2) is 0 Å². The molecule has 0 amide bonds. The first-order valence-electron chi connectivity index (χ1n) is 8.16. The summed E-state index contributed by atoms with van der Waals surface area (Å²) in [6, 6.07) is 14.2. The molecule has 3 aliphatic heterocycles. The Hall–Kier alpha value is -2.88. The number of benzene rings is 3. The van der Waals surface area contributed by atoms with Crippen LogP contribution in [-0.4, -0.2) is 6.71 Å². The van der Waals surface area contributed by atoms with Gasteiger partial charge in [0, 0.05) is 16.4 Å². The predicted molar refractivity (Wildman–Crippen MR) is 93.7 cm³/mol. The van der Waals surface area contributed by atoms with Crippen LogP contribution in [0.4, 0.5) is 0 Å². The first-order valence-corrected chi connectivity index (χ1v) is 8.16. The molecule has 0 N–H and O–H groups in total. The topological polar surface area (TPSA) is 27.7 Å². The highest BCUT2D eigenvalue weighted by Gasteiger charge is 2.46. The Morgan fingerprint density at radius 3 is 1.83 bits per heavy atom. The molecule has 0 aromatic heterocycles. The second kappa shape index (κ2) is 3.96. The van der Waals surface area contributed by atoms with Gasteiger partial charge in [0.1, 0.15) is 34.5 Å². The van der Waals surface area contributed by atoms with Crippen LogP contribution in [0, 0.1) is 13.8 Å². The molecular formula is C20H13BO3. The van der Waals surface area contributed by atoms with Crippen molar-refractivity contribution in [1.82, 2.24) is 0 Å². The molecule has 4 heteroatoms. The first-order chi connectivity index (χ1) is 11.7. The molecule has 0 bridgehead atoms. The van der Waals surface area contributed by atoms with Gasteiger partial charge in [-0.05, 0) is 55.3 Å². The molecule has 114 valence electrons. The van der Waals surface area contributed by atoms with Gasteiger partial charge in [-0.25, -0.2) is 0 Å². The lowest BCUT2D eigenvalue weighted by Crippen LogP contribution is -2.59. The van der Waals surface area contributed by atoms with Crippen LogP contribution in [0.2, 0.25) is 0 Å². The smallest absolute Gasteiger partial charge is 0.270 e. The number of ether oxygens (including phenoxy) is 3. The average molecular weight is 312 g/mol. The fourth-order valence-corrected chi connectivity index (χ4v) is 4.12. The maximum Gasteiger partial charge on any atom is 0.270 e. The molecule has 6 rings (SSSR count). The van der Waals surface area contributed by atoms with Gasteiger partial charge in [-0.3, -0.25) is 0 Å². The molecule has 0 saturated carbocycles. The van der Waals surface area contributed by atoms with E-state index in [1.165, 1.54) is 11.1 Å². The monoisotopic (exact) mass is 312 g/mol. The summed E-state index contributed by atoms with van der Waals surface area (Å²) in [5.74, 6) is 5.33. The SMILES string of the molecule is Cc1cc2c3c(c1C)Oc1cccc4c1B3c1c(cccc1O2)O4. The van der Waals surface area contributed by atoms with Crippen LogP contribution in [0.3, 0.4) is 0 Å². The van der Waals surface area contributed by atoms with Crippen molar-refractivity contribution in [2.45, 2.75) is 13.8 Å². The Morgan fingerprint density at radius 1 is 0.667 bits per heavy atom. The van der Waals surface area contributed by atoms with Crippen molar-refractivity contribution in [1.29, 1.82) is 0 Å². The maximum atomic E-state index is 6.30. The lowest BCUT2D eigenvalue weighted by atomic mass is 9.33. The Morgan fingerprint density at radius 2 is 1.21 bits per heavy atom. The van der Waals surface area contributed by atoms with Crippen LogP contribution >= 0.6 is 0 Å². The van der Waals surface area contributed by atoms with E-state index in [1.807, 2.05) is 36.4 Å². The van der Waals surface area contributed by atoms with Gasteiger partial charge in [0.05, 0.1) is 0 Å². The standard InChI is InChI=1S/C20H13BO3/c1-10-9-16-19-20(11(10)2)24-15-8-4-6-13-18(15)21(19)17-12(22-13)5-3-7-14(17)23-16/h3-9H,1-2H3. The van der Waals surface area contributed by atoms with E-state index in [-0.39, 0.29) is 6.71 Å². The number of hydrogen-bond acceptors (Lipinski definition) is 3. The van der Waals surface area contributed by atoms with Gasteiger partial charge in [-0.1, -0.05) is 12.1 Å². The third kappa shape index (κ3) is 1.31. The van der Waals surface area contributed by atoms with Crippen molar-refractivity contribution >= 4 is 23.1 Å². The largest absolute Gasteiger partial charge is 0.458 e. The van der Waals surface area contributed by atoms with E-state index < -0.39 is 0 Å². The maximum absolute atomic E-state index is 6.30. The van der Waals surface area contributed by atoms with Crippen molar-refractivity contribution in [3.05, 3.63) is 53.6 Å². The van der Waals surface area contributed by atoms with Crippen LogP contribution in [0.15, 0.2) is 42.5 Å². The molecule has 0 radical (unpaired) electrons. The molecule has 0 spiro atoms. The summed E-state index contributed by atoms with van der Waals surface area (Å²) in [4.78, 5) is 0. The molecule has 24 heavy (non-hydrogen) atoms. The molecule has 0 atom stereocenters. The fraction of sp³-hybridized carbons (Fsp3) is 0.100. The van der Waals surface area contributed by atoms with E-state index in [2.05, 4.69) is 19.9 Å². The zero-order valence-electron chi connectivity index (χ0n) is 13.3. The highest BCUT2D eigenvalue weighted by Crippen LogP contribution is 2.42. The zero-order valence-corrected chi connectivity index (χ0v) is 13.3. The highest BCUT2D eigenvalue weighted by atomic mass is 16.5. The Balaban J connectivity index is 1.80. The molecule has 3 heterocycles. The normalized spacial score (nSPS) is 14.3. The quantitative estimate of drug-likeness (QED) is 0.403. The third-order valence-electron chi connectivity index (χ3n) is 5.36. The van der Waals surface area contributed by atoms with Gasteiger partial charge in [-0.15, -0.1) is 0 Å². The molecule has 0 fully saturated rings. The summed E-state index contributed by atoms with van der Waals surface area (Å²) >= 11 is 0. The summed E-state index contributed by atoms with van der Waals surface area (Å²) in [6.45, 7) is 4.32. The lowest BCUT2D eigenvalue weighted by Gasteiger charge is -2.38. The van der Waals surface area contributed by atoms with Gasteiger partial charge in [0.25, 0.3) is 6.71 Å². The van der Waals surface area contributed by atoms with E-state index in [4.69, 9.17) is 14.2 Å². The molecule has 0 unspecified atom stereocenters. The number of rotatable bonds is 0. The Kier molecular flexibility index (Phi) is 2.07. The highest BCUT2D eigenvalue weighted by molar-refractivity contribution is 6.99. The summed E-state index contributed by atoms with van der Waals surface area (Å²) in [5, 5.41) is 0. The van der Waals surface area contributed by atoms with Crippen molar-refractivity contribution in [2.24, 2.45) is 0 Å². The minimum Gasteiger partial charge on any atom is -0.458 e. The number of aryl methyl sites for hydroxylation is 1. The van der Waals surface area contributed by atoms with Crippen molar-refractivity contribution < 1.29 is 14.2 Å². The van der Waals surface area contributed by atoms with Gasteiger partial charge >= 0.3 is 0 Å². The Bertz CT molecular complexity index is 1050. The van der Waals surface area contributed by atoms with Crippen molar-refractivity contribution in [2.75, 3.05) is 0 Å². The Labute approximate surface area is 139 Å². The van der Waals surface area contributed by atoms with Crippen LogP contribution in [0.1, 0.15) is 11.1 Å². The minimum absolute atomic E-state index is 0.114. The van der Waals surface area contributed by atoms with E-state index in [1.54, 1.807) is 0 Å². The fourth-order valence-electron chi connectivity index (χ4n) is 4.12. The van der Waals surface area contributed by atoms with E-state index >= 15 is 0 Å². The van der Waals surface area contributed by atoms with E-state index in [0.717, 1.165) is 50.9 Å². The van der Waals surface area contributed by atoms with Crippen LogP contribution in [-0.2, 0) is 0 Å². The summed E-state index contributed by atoms with van der Waals surface area (Å²) in [6.07, 6.45) is 0. The summed E-state index contributed by atoms with van der Waals surface area (Å²) in [7, 11) is 0. The second-order valence-electron chi connectivity index (χ2n) is 6.63. The predicted octanol–water partition coefficient (Wildman–Crippen LogP) is 3.14. The average Bonchev–Trinajstić information content (AvgIpc) is 2.59. The van der Waals surface area contributed by atoms with Crippen molar-refractivity contribution in [3.63, 3.8) is 0 Å². The van der Waals surface area contributed by atoms with Crippen molar-refractivity contribution in [3.8, 4) is 34.5 Å². The van der Waals surface area contributed by atoms with Gasteiger partial charge < -0.3 is 14.2 Å². The van der Waals surface area contributed by atoms with Crippen LogP contribution in [0.5, 0.6) is 34.5 Å². The first kappa shape index (κ1) is 12.5. The van der Waals surface area contributed by atoms with E-state index in [0.29, 0.717) is 0 Å². The minimum atomic E-state index is 0.114. The molecule has 0 aliphatic carbocycles. The lowest BCUT2D eigenvalue weighted by molar-refractivity contribution is 0.441. The van der Waals surface area contributed by atoms with Crippen LogP contribution < -0.4 is 30.6 Å². The number of hydrogen-bond donors (Lipinski definition) is 0. The zero-order chi connectivity index (χ0) is 16.0. The van der Waals surface area contributed by atoms with Gasteiger partial charge in [-0.2, -0.15) is 0 Å². The molecule has 3 aliphatic rings. The third-order valence-corrected chi connectivity index (χ3v) is 5.36. The van der Waals surface area contributed by atoms with E-state index in [9.17, 15) is 0 Å². The molecule has 3 aromatic carbocycles.